The summed E-state index contributed by atoms with van der Waals surface area (Å²) in [5.74, 6) is 2.19. The predicted molar refractivity (Wildman–Crippen MR) is 133 cm³/mol. The van der Waals surface area contributed by atoms with Crippen LogP contribution < -0.4 is 14.8 Å². The second-order valence-electron chi connectivity index (χ2n) is 7.95. The highest BCUT2D eigenvalue weighted by Gasteiger charge is 2.23. The molecule has 3 aromatic carbocycles. The summed E-state index contributed by atoms with van der Waals surface area (Å²) < 4.78 is 11.5. The molecular weight excluding hydrogens is 410 g/mol. The molecule has 0 radical (unpaired) electrons. The van der Waals surface area contributed by atoms with E-state index in [1.54, 1.807) is 13.3 Å². The van der Waals surface area contributed by atoms with E-state index in [2.05, 4.69) is 16.4 Å². The molecule has 5 nitrogen and oxygen atoms in total. The van der Waals surface area contributed by atoms with E-state index >= 15 is 0 Å². The van der Waals surface area contributed by atoms with Crippen LogP contribution in [0.3, 0.4) is 0 Å². The predicted octanol–water partition coefficient (Wildman–Crippen LogP) is 6.38. The fourth-order valence-corrected chi connectivity index (χ4v) is 3.37. The van der Waals surface area contributed by atoms with Gasteiger partial charge in [-0.3, -0.25) is 4.99 Å². The van der Waals surface area contributed by atoms with Crippen molar-refractivity contribution < 1.29 is 9.47 Å². The van der Waals surface area contributed by atoms with Crippen LogP contribution in [-0.2, 0) is 6.54 Å². The highest BCUT2D eigenvalue weighted by molar-refractivity contribution is 5.83. The molecule has 4 rings (SSSR count). The van der Waals surface area contributed by atoms with Gasteiger partial charge in [0, 0.05) is 18.3 Å². The minimum Gasteiger partial charge on any atom is -0.493 e. The Balaban J connectivity index is 1.42. The third-order valence-corrected chi connectivity index (χ3v) is 5.44. The van der Waals surface area contributed by atoms with Crippen molar-refractivity contribution in [1.82, 2.24) is 0 Å². The molecule has 0 spiro atoms. The van der Waals surface area contributed by atoms with Crippen molar-refractivity contribution in [1.29, 1.82) is 5.26 Å². The first-order valence-electron chi connectivity index (χ1n) is 11.1. The number of methoxy groups -OCH3 is 1. The highest BCUT2D eigenvalue weighted by atomic mass is 16.5. The summed E-state index contributed by atoms with van der Waals surface area (Å²) in [5.41, 5.74) is 4.53. The quantitative estimate of drug-likeness (QED) is 0.374. The lowest BCUT2D eigenvalue weighted by Crippen LogP contribution is -2.02. The lowest BCUT2D eigenvalue weighted by atomic mass is 10.1. The summed E-state index contributed by atoms with van der Waals surface area (Å²) in [6.07, 6.45) is 8.17. The van der Waals surface area contributed by atoms with Crippen LogP contribution in [-0.4, -0.2) is 19.9 Å². The Bertz CT molecular complexity index is 1170. The summed E-state index contributed by atoms with van der Waals surface area (Å²) in [4.78, 5) is 4.63. The first-order valence-corrected chi connectivity index (χ1v) is 11.1. The van der Waals surface area contributed by atoms with Crippen LogP contribution in [0.15, 0.2) is 77.8 Å². The molecule has 1 aliphatic carbocycles. The van der Waals surface area contributed by atoms with Crippen LogP contribution in [0, 0.1) is 17.2 Å². The number of anilines is 1. The van der Waals surface area contributed by atoms with E-state index in [1.807, 2.05) is 78.9 Å². The zero-order valence-corrected chi connectivity index (χ0v) is 18.7. The van der Waals surface area contributed by atoms with Crippen LogP contribution in [0.2, 0.25) is 0 Å². The third kappa shape index (κ3) is 6.24. The summed E-state index contributed by atoms with van der Waals surface area (Å²) in [5, 5.41) is 12.4. The number of nitrogens with one attached hydrogen (secondary N) is 1. The van der Waals surface area contributed by atoms with Gasteiger partial charge >= 0.3 is 0 Å². The Labute approximate surface area is 195 Å². The SMILES string of the molecule is COc1cccc(/C=C/C=Nc2ccccc2NCc2ccc(C#N)cc2)c1OCC1CC1. The molecule has 0 unspecified atom stereocenters. The molecule has 5 heteroatoms. The maximum Gasteiger partial charge on any atom is 0.168 e. The normalized spacial score (nSPS) is 13.2. The fraction of sp³-hybridized carbons (Fsp3) is 0.214. The standard InChI is InChI=1S/C28H27N3O2/c1-32-27-10-4-6-24(28(27)33-20-23-15-16-23)7-5-17-30-25-8-2-3-9-26(25)31-19-22-13-11-21(18-29)12-14-22/h2-14,17,23,31H,15-16,19-20H2,1H3/b7-5+,30-17?. The Morgan fingerprint density at radius 1 is 1.06 bits per heavy atom. The van der Waals surface area contributed by atoms with E-state index in [0.29, 0.717) is 18.0 Å². The minimum absolute atomic E-state index is 0.652. The monoisotopic (exact) mass is 437 g/mol. The molecule has 166 valence electrons. The van der Waals surface area contributed by atoms with Gasteiger partial charge in [0.25, 0.3) is 0 Å². The van der Waals surface area contributed by atoms with Gasteiger partial charge in [-0.1, -0.05) is 36.4 Å². The summed E-state index contributed by atoms with van der Waals surface area (Å²) in [6.45, 7) is 1.38. The van der Waals surface area contributed by atoms with Gasteiger partial charge in [-0.2, -0.15) is 5.26 Å². The van der Waals surface area contributed by atoms with Crippen molar-refractivity contribution in [2.75, 3.05) is 19.0 Å². The molecule has 0 heterocycles. The number of nitrogens with zero attached hydrogens (tertiary/aromatic N) is 2. The van der Waals surface area contributed by atoms with Crippen LogP contribution in [0.25, 0.3) is 6.08 Å². The molecule has 0 aromatic heterocycles. The lowest BCUT2D eigenvalue weighted by molar-refractivity contribution is 0.280. The highest BCUT2D eigenvalue weighted by Crippen LogP contribution is 2.35. The van der Waals surface area contributed by atoms with Crippen LogP contribution in [0.5, 0.6) is 11.5 Å². The van der Waals surface area contributed by atoms with Crippen LogP contribution in [0.4, 0.5) is 11.4 Å². The molecule has 0 saturated heterocycles. The molecule has 0 amide bonds. The van der Waals surface area contributed by atoms with Gasteiger partial charge in [0.1, 0.15) is 0 Å². The number of allylic oxidation sites excluding steroid dienone is 1. The Morgan fingerprint density at radius 2 is 1.88 bits per heavy atom. The van der Waals surface area contributed by atoms with Crippen molar-refractivity contribution in [2.24, 2.45) is 10.9 Å². The fourth-order valence-electron chi connectivity index (χ4n) is 3.37. The molecule has 0 aliphatic heterocycles. The average Bonchev–Trinajstić information content (AvgIpc) is 3.69. The second kappa shape index (κ2) is 11.0. The first kappa shape index (κ1) is 22.2. The van der Waals surface area contributed by atoms with E-state index in [9.17, 15) is 0 Å². The van der Waals surface area contributed by atoms with E-state index in [4.69, 9.17) is 14.7 Å². The number of aliphatic imine (C=N–C) groups is 1. The molecular formula is C28H27N3O2. The minimum atomic E-state index is 0.652. The zero-order chi connectivity index (χ0) is 22.9. The Morgan fingerprint density at radius 3 is 2.64 bits per heavy atom. The largest absolute Gasteiger partial charge is 0.493 e. The molecule has 33 heavy (non-hydrogen) atoms. The molecule has 1 saturated carbocycles. The van der Waals surface area contributed by atoms with Crippen molar-refractivity contribution >= 4 is 23.7 Å². The smallest absolute Gasteiger partial charge is 0.168 e. The summed E-state index contributed by atoms with van der Waals surface area (Å²) in [7, 11) is 1.66. The van der Waals surface area contributed by atoms with Crippen LogP contribution >= 0.6 is 0 Å². The van der Waals surface area contributed by atoms with E-state index in [0.717, 1.165) is 40.6 Å². The number of para-hydroxylation sites is 3. The van der Waals surface area contributed by atoms with Gasteiger partial charge in [0.2, 0.25) is 0 Å². The Kier molecular flexibility index (Phi) is 7.40. The molecule has 0 atom stereocenters. The molecule has 1 aliphatic rings. The van der Waals surface area contributed by atoms with Crippen LogP contribution in [0.1, 0.15) is 29.5 Å². The van der Waals surface area contributed by atoms with Crippen molar-refractivity contribution in [3.63, 3.8) is 0 Å². The van der Waals surface area contributed by atoms with E-state index in [1.165, 1.54) is 12.8 Å². The zero-order valence-electron chi connectivity index (χ0n) is 18.7. The number of benzene rings is 3. The maximum atomic E-state index is 8.94. The maximum absolute atomic E-state index is 8.94. The number of hydrogen-bond acceptors (Lipinski definition) is 5. The Hall–Kier alpha value is -4.04. The van der Waals surface area contributed by atoms with E-state index in [-0.39, 0.29) is 0 Å². The number of rotatable bonds is 10. The van der Waals surface area contributed by atoms with Gasteiger partial charge in [-0.25, -0.2) is 0 Å². The summed E-state index contributed by atoms with van der Waals surface area (Å²) in [6, 6.07) is 23.5. The third-order valence-electron chi connectivity index (χ3n) is 5.44. The number of ether oxygens (including phenoxy) is 2. The molecule has 3 aromatic rings. The lowest BCUT2D eigenvalue weighted by Gasteiger charge is -2.13. The molecule has 0 bridgehead atoms. The average molecular weight is 438 g/mol. The van der Waals surface area contributed by atoms with Gasteiger partial charge in [-0.15, -0.1) is 0 Å². The topological polar surface area (TPSA) is 66.6 Å². The van der Waals surface area contributed by atoms with Gasteiger partial charge in [0.05, 0.1) is 36.7 Å². The van der Waals surface area contributed by atoms with Gasteiger partial charge in [0.15, 0.2) is 11.5 Å². The summed E-state index contributed by atoms with van der Waals surface area (Å²) >= 11 is 0. The first-order chi connectivity index (χ1) is 16.3. The molecule has 1 fully saturated rings. The van der Waals surface area contributed by atoms with Crippen molar-refractivity contribution in [2.45, 2.75) is 19.4 Å². The van der Waals surface area contributed by atoms with Crippen molar-refractivity contribution in [3.8, 4) is 17.6 Å². The van der Waals surface area contributed by atoms with Gasteiger partial charge < -0.3 is 14.8 Å². The van der Waals surface area contributed by atoms with Gasteiger partial charge in [-0.05, 0) is 66.8 Å². The molecule has 1 N–H and O–H groups in total. The second-order valence-corrected chi connectivity index (χ2v) is 7.95. The number of hydrogen-bond donors (Lipinski definition) is 1. The number of nitriles is 1. The van der Waals surface area contributed by atoms with E-state index < -0.39 is 0 Å². The van der Waals surface area contributed by atoms with Crippen molar-refractivity contribution in [3.05, 3.63) is 89.5 Å².